The average molecular weight is 253 g/mol. The van der Waals surface area contributed by atoms with Crippen molar-refractivity contribution in [3.05, 3.63) is 47.7 Å². The molecular formula is C14H11N3O2. The van der Waals surface area contributed by atoms with Crippen LogP contribution in [0.5, 0.6) is 0 Å². The van der Waals surface area contributed by atoms with Gasteiger partial charge >= 0.3 is 5.97 Å². The van der Waals surface area contributed by atoms with Crippen LogP contribution in [0.2, 0.25) is 0 Å². The van der Waals surface area contributed by atoms with E-state index in [1.54, 1.807) is 24.3 Å². The summed E-state index contributed by atoms with van der Waals surface area (Å²) in [5, 5.41) is 8.76. The molecule has 1 heterocycles. The summed E-state index contributed by atoms with van der Waals surface area (Å²) in [4.78, 5) is 15.7. The fourth-order valence-corrected chi connectivity index (χ4v) is 1.70. The van der Waals surface area contributed by atoms with Gasteiger partial charge in [0, 0.05) is 11.8 Å². The molecule has 0 radical (unpaired) electrons. The van der Waals surface area contributed by atoms with Gasteiger partial charge in [-0.15, -0.1) is 0 Å². The fourth-order valence-electron chi connectivity index (χ4n) is 1.70. The van der Waals surface area contributed by atoms with Crippen molar-refractivity contribution in [3.63, 3.8) is 0 Å². The standard InChI is InChI=1S/C14H11N3O2/c1-19-14(18)11-6-13(16)17-8-12(11)10-4-2-9(7-15)3-5-10/h2-6,8H,1H3,(H2,16,17). The number of esters is 1. The summed E-state index contributed by atoms with van der Waals surface area (Å²) in [6, 6.07) is 10.4. The van der Waals surface area contributed by atoms with E-state index in [1.165, 1.54) is 19.4 Å². The normalized spacial score (nSPS) is 9.68. The van der Waals surface area contributed by atoms with E-state index in [4.69, 9.17) is 15.7 Å². The van der Waals surface area contributed by atoms with Gasteiger partial charge in [-0.25, -0.2) is 9.78 Å². The van der Waals surface area contributed by atoms with Crippen molar-refractivity contribution in [2.75, 3.05) is 12.8 Å². The number of methoxy groups -OCH3 is 1. The van der Waals surface area contributed by atoms with Gasteiger partial charge in [-0.2, -0.15) is 5.26 Å². The van der Waals surface area contributed by atoms with E-state index in [1.807, 2.05) is 6.07 Å². The first-order valence-corrected chi connectivity index (χ1v) is 5.50. The Morgan fingerprint density at radius 3 is 2.63 bits per heavy atom. The Morgan fingerprint density at radius 1 is 1.37 bits per heavy atom. The van der Waals surface area contributed by atoms with E-state index in [9.17, 15) is 4.79 Å². The number of nitrogens with zero attached hydrogens (tertiary/aromatic N) is 2. The van der Waals surface area contributed by atoms with Gasteiger partial charge in [0.2, 0.25) is 0 Å². The van der Waals surface area contributed by atoms with E-state index in [-0.39, 0.29) is 5.82 Å². The maximum atomic E-state index is 11.7. The number of hydrogen-bond donors (Lipinski definition) is 1. The number of carbonyl (C=O) groups excluding carboxylic acids is 1. The molecule has 0 saturated carbocycles. The van der Waals surface area contributed by atoms with E-state index < -0.39 is 5.97 Å². The third-order valence-electron chi connectivity index (χ3n) is 2.66. The summed E-state index contributed by atoms with van der Waals surface area (Å²) >= 11 is 0. The summed E-state index contributed by atoms with van der Waals surface area (Å²) in [5.41, 5.74) is 7.86. The number of nitrogens with two attached hydrogens (primary N) is 1. The number of anilines is 1. The van der Waals surface area contributed by atoms with Crippen LogP contribution in [0, 0.1) is 11.3 Å². The summed E-state index contributed by atoms with van der Waals surface area (Å²) in [6.07, 6.45) is 1.52. The molecule has 19 heavy (non-hydrogen) atoms. The maximum absolute atomic E-state index is 11.7. The molecule has 2 rings (SSSR count). The minimum atomic E-state index is -0.478. The number of benzene rings is 1. The van der Waals surface area contributed by atoms with Crippen LogP contribution < -0.4 is 5.73 Å². The third kappa shape index (κ3) is 2.53. The Balaban J connectivity index is 2.54. The van der Waals surface area contributed by atoms with Crippen LogP contribution in [-0.4, -0.2) is 18.1 Å². The van der Waals surface area contributed by atoms with Gasteiger partial charge in [0.05, 0.1) is 24.3 Å². The highest BCUT2D eigenvalue weighted by molar-refractivity contribution is 5.97. The molecule has 2 N–H and O–H groups in total. The zero-order valence-electron chi connectivity index (χ0n) is 10.3. The maximum Gasteiger partial charge on any atom is 0.338 e. The SMILES string of the molecule is COC(=O)c1cc(N)ncc1-c1ccc(C#N)cc1. The molecule has 1 aromatic carbocycles. The fraction of sp³-hybridized carbons (Fsp3) is 0.0714. The van der Waals surface area contributed by atoms with Gasteiger partial charge in [0.1, 0.15) is 5.82 Å². The second-order valence-electron chi connectivity index (χ2n) is 3.84. The molecule has 2 aromatic rings. The van der Waals surface area contributed by atoms with Gasteiger partial charge in [0.25, 0.3) is 0 Å². The Bertz CT molecular complexity index is 657. The van der Waals surface area contributed by atoms with E-state index >= 15 is 0 Å². The highest BCUT2D eigenvalue weighted by atomic mass is 16.5. The predicted octanol–water partition coefficient (Wildman–Crippen LogP) is 1.99. The number of carbonyl (C=O) groups is 1. The Morgan fingerprint density at radius 2 is 2.05 bits per heavy atom. The van der Waals surface area contributed by atoms with Gasteiger partial charge in [-0.05, 0) is 23.8 Å². The van der Waals surface area contributed by atoms with Crippen molar-refractivity contribution < 1.29 is 9.53 Å². The van der Waals surface area contributed by atoms with Crippen molar-refractivity contribution in [2.24, 2.45) is 0 Å². The topological polar surface area (TPSA) is 89.0 Å². The number of pyridine rings is 1. The van der Waals surface area contributed by atoms with Crippen LogP contribution in [0.1, 0.15) is 15.9 Å². The molecule has 0 aliphatic heterocycles. The van der Waals surface area contributed by atoms with Gasteiger partial charge in [-0.3, -0.25) is 0 Å². The molecule has 0 aliphatic carbocycles. The van der Waals surface area contributed by atoms with Crippen molar-refractivity contribution in [2.45, 2.75) is 0 Å². The molecule has 5 nitrogen and oxygen atoms in total. The Kier molecular flexibility index (Phi) is 3.44. The number of nitriles is 1. The van der Waals surface area contributed by atoms with Crippen molar-refractivity contribution in [1.82, 2.24) is 4.98 Å². The molecular weight excluding hydrogens is 242 g/mol. The van der Waals surface area contributed by atoms with Crippen LogP contribution in [0.3, 0.4) is 0 Å². The lowest BCUT2D eigenvalue weighted by atomic mass is 10.0. The number of hydrogen-bond acceptors (Lipinski definition) is 5. The first kappa shape index (κ1) is 12.6. The minimum Gasteiger partial charge on any atom is -0.465 e. The van der Waals surface area contributed by atoms with Crippen LogP contribution >= 0.6 is 0 Å². The predicted molar refractivity (Wildman–Crippen MR) is 70.1 cm³/mol. The quantitative estimate of drug-likeness (QED) is 0.826. The molecule has 0 unspecified atom stereocenters. The lowest BCUT2D eigenvalue weighted by Crippen LogP contribution is -2.05. The molecule has 0 amide bonds. The van der Waals surface area contributed by atoms with E-state index in [0.717, 1.165) is 5.56 Å². The molecule has 0 atom stereocenters. The molecule has 1 aromatic heterocycles. The number of nitrogen functional groups attached to an aromatic ring is 1. The van der Waals surface area contributed by atoms with Crippen molar-refractivity contribution in [3.8, 4) is 17.2 Å². The van der Waals surface area contributed by atoms with Crippen LogP contribution in [-0.2, 0) is 4.74 Å². The van der Waals surface area contributed by atoms with Crippen molar-refractivity contribution >= 4 is 11.8 Å². The van der Waals surface area contributed by atoms with Crippen LogP contribution in [0.25, 0.3) is 11.1 Å². The average Bonchev–Trinajstić information content (AvgIpc) is 2.46. The van der Waals surface area contributed by atoms with E-state index in [2.05, 4.69) is 4.98 Å². The number of ether oxygens (including phenoxy) is 1. The zero-order chi connectivity index (χ0) is 13.8. The summed E-state index contributed by atoms with van der Waals surface area (Å²) in [5.74, 6) is -0.230. The van der Waals surface area contributed by atoms with Crippen molar-refractivity contribution in [1.29, 1.82) is 5.26 Å². The monoisotopic (exact) mass is 253 g/mol. The molecule has 0 bridgehead atoms. The smallest absolute Gasteiger partial charge is 0.338 e. The molecule has 94 valence electrons. The molecule has 0 spiro atoms. The summed E-state index contributed by atoms with van der Waals surface area (Å²) in [6.45, 7) is 0. The summed E-state index contributed by atoms with van der Waals surface area (Å²) < 4.78 is 4.72. The lowest BCUT2D eigenvalue weighted by molar-refractivity contribution is 0.0601. The minimum absolute atomic E-state index is 0.248. The second kappa shape index (κ2) is 5.19. The number of aromatic nitrogens is 1. The molecule has 5 heteroatoms. The lowest BCUT2D eigenvalue weighted by Gasteiger charge is -2.08. The van der Waals surface area contributed by atoms with Gasteiger partial charge in [-0.1, -0.05) is 12.1 Å². The van der Waals surface area contributed by atoms with E-state index in [0.29, 0.717) is 16.7 Å². The van der Waals surface area contributed by atoms with Gasteiger partial charge < -0.3 is 10.5 Å². The molecule has 0 aliphatic rings. The third-order valence-corrected chi connectivity index (χ3v) is 2.66. The zero-order valence-corrected chi connectivity index (χ0v) is 10.3. The molecule has 0 fully saturated rings. The largest absolute Gasteiger partial charge is 0.465 e. The highest BCUT2D eigenvalue weighted by Crippen LogP contribution is 2.25. The number of rotatable bonds is 2. The molecule has 0 saturated heterocycles. The van der Waals surface area contributed by atoms with Gasteiger partial charge in [0.15, 0.2) is 0 Å². The first-order chi connectivity index (χ1) is 9.15. The Hall–Kier alpha value is -2.87. The second-order valence-corrected chi connectivity index (χ2v) is 3.84. The Labute approximate surface area is 110 Å². The van der Waals surface area contributed by atoms with Crippen LogP contribution in [0.15, 0.2) is 36.5 Å². The first-order valence-electron chi connectivity index (χ1n) is 5.50. The summed E-state index contributed by atoms with van der Waals surface area (Å²) in [7, 11) is 1.31. The van der Waals surface area contributed by atoms with Crippen LogP contribution in [0.4, 0.5) is 5.82 Å². The highest BCUT2D eigenvalue weighted by Gasteiger charge is 2.14.